The summed E-state index contributed by atoms with van der Waals surface area (Å²) in [6.45, 7) is 6.89. The van der Waals surface area contributed by atoms with Gasteiger partial charge in [-0.2, -0.15) is 0 Å². The van der Waals surface area contributed by atoms with E-state index in [9.17, 15) is 4.79 Å². The molecule has 0 aliphatic rings. The number of nitrogens with zero attached hydrogens (tertiary/aromatic N) is 2. The van der Waals surface area contributed by atoms with Gasteiger partial charge in [0.15, 0.2) is 0 Å². The van der Waals surface area contributed by atoms with Crippen LogP contribution >= 0.6 is 11.6 Å². The Balaban J connectivity index is 4.95. The summed E-state index contributed by atoms with van der Waals surface area (Å²) in [4.78, 5) is 18.8. The Hall–Kier alpha value is -1.16. The number of carbonyl (C=O) groups is 1. The second-order valence-electron chi connectivity index (χ2n) is 2.74. The fourth-order valence-electron chi connectivity index (χ4n) is 1.12. The van der Waals surface area contributed by atoms with E-state index in [1.165, 1.54) is 7.11 Å². The molecule has 0 amide bonds. The maximum absolute atomic E-state index is 11.4. The molecule has 0 spiro atoms. The quantitative estimate of drug-likeness (QED) is 0.322. The van der Waals surface area contributed by atoms with E-state index in [-0.39, 0.29) is 11.3 Å². The van der Waals surface area contributed by atoms with Gasteiger partial charge in [0.05, 0.1) is 18.7 Å². The Morgan fingerprint density at radius 2 is 2.27 bits per heavy atom. The maximum atomic E-state index is 11.4. The van der Waals surface area contributed by atoms with Gasteiger partial charge in [0, 0.05) is 0 Å². The van der Waals surface area contributed by atoms with Crippen LogP contribution in [0.15, 0.2) is 21.8 Å². The highest BCUT2D eigenvalue weighted by atomic mass is 35.5. The average molecular weight is 231 g/mol. The minimum Gasteiger partial charge on any atom is -0.469 e. The zero-order valence-electron chi connectivity index (χ0n) is 9.16. The Morgan fingerprint density at radius 3 is 2.60 bits per heavy atom. The second kappa shape index (κ2) is 7.17. The third-order valence-corrected chi connectivity index (χ3v) is 2.10. The Morgan fingerprint density at radius 1 is 1.67 bits per heavy atom. The van der Waals surface area contributed by atoms with Gasteiger partial charge in [0.1, 0.15) is 0 Å². The molecule has 0 aromatic rings. The van der Waals surface area contributed by atoms with E-state index in [1.807, 2.05) is 6.92 Å². The van der Waals surface area contributed by atoms with Gasteiger partial charge in [-0.3, -0.25) is 4.79 Å². The fourth-order valence-corrected chi connectivity index (χ4v) is 1.22. The first-order chi connectivity index (χ1) is 7.10. The Bertz CT molecular complexity index is 298. The molecule has 0 N–H and O–H groups in total. The van der Waals surface area contributed by atoms with Gasteiger partial charge < -0.3 is 4.74 Å². The topological polar surface area (TPSA) is 51.0 Å². The highest BCUT2D eigenvalue weighted by Gasteiger charge is 2.21. The number of allylic oxidation sites excluding steroid dienone is 1. The molecule has 0 rings (SSSR count). The highest BCUT2D eigenvalue weighted by molar-refractivity contribution is 6.65. The van der Waals surface area contributed by atoms with E-state index in [1.54, 1.807) is 13.0 Å². The van der Waals surface area contributed by atoms with Crippen LogP contribution in [0.3, 0.4) is 0 Å². The van der Waals surface area contributed by atoms with Crippen molar-refractivity contribution in [1.29, 1.82) is 0 Å². The molecule has 0 heterocycles. The first kappa shape index (κ1) is 13.8. The van der Waals surface area contributed by atoms with Crippen LogP contribution in [0.4, 0.5) is 0 Å². The summed E-state index contributed by atoms with van der Waals surface area (Å²) < 4.78 is 4.66. The number of aliphatic imine (C=N–C) groups is 2. The van der Waals surface area contributed by atoms with Crippen molar-refractivity contribution in [2.45, 2.75) is 20.3 Å². The summed E-state index contributed by atoms with van der Waals surface area (Å²) >= 11 is 5.62. The van der Waals surface area contributed by atoms with Gasteiger partial charge in [0.2, 0.25) is 5.29 Å². The normalized spacial score (nSPS) is 14.7. The molecule has 0 aromatic heterocycles. The number of ether oxygens (including phenoxy) is 1. The number of halogens is 1. The van der Waals surface area contributed by atoms with Crippen molar-refractivity contribution in [2.75, 3.05) is 7.11 Å². The summed E-state index contributed by atoms with van der Waals surface area (Å²) in [5, 5.41) is 0.0189. The van der Waals surface area contributed by atoms with Crippen LogP contribution < -0.4 is 0 Å². The number of hydrogen-bond donors (Lipinski definition) is 0. The lowest BCUT2D eigenvalue weighted by molar-refractivity contribution is -0.144. The first-order valence-corrected chi connectivity index (χ1v) is 4.93. The number of rotatable bonds is 4. The Labute approximate surface area is 94.7 Å². The van der Waals surface area contributed by atoms with Crippen LogP contribution in [-0.2, 0) is 9.53 Å². The van der Waals surface area contributed by atoms with E-state index in [2.05, 4.69) is 21.4 Å². The largest absolute Gasteiger partial charge is 0.469 e. The van der Waals surface area contributed by atoms with Gasteiger partial charge in [-0.15, -0.1) is 0 Å². The van der Waals surface area contributed by atoms with Crippen LogP contribution in [0.1, 0.15) is 20.3 Å². The summed E-state index contributed by atoms with van der Waals surface area (Å²) in [5.74, 6) is -0.738. The molecular weight excluding hydrogens is 216 g/mol. The zero-order chi connectivity index (χ0) is 11.8. The van der Waals surface area contributed by atoms with Crippen LogP contribution in [-0.4, -0.2) is 25.1 Å². The number of methoxy groups -OCH3 is 1. The van der Waals surface area contributed by atoms with Gasteiger partial charge in [-0.05, 0) is 31.7 Å². The molecule has 1 unspecified atom stereocenters. The van der Waals surface area contributed by atoms with Crippen molar-refractivity contribution >= 4 is 29.6 Å². The van der Waals surface area contributed by atoms with E-state index in [0.717, 1.165) is 0 Å². The molecule has 0 fully saturated rings. The summed E-state index contributed by atoms with van der Waals surface area (Å²) in [6.07, 6.45) is 2.30. The molecule has 0 saturated heterocycles. The summed E-state index contributed by atoms with van der Waals surface area (Å²) in [6, 6.07) is 0. The lowest BCUT2D eigenvalue weighted by Crippen LogP contribution is -2.17. The molecule has 84 valence electrons. The lowest BCUT2D eigenvalue weighted by atomic mass is 10.0. The maximum Gasteiger partial charge on any atom is 0.314 e. The average Bonchev–Trinajstić information content (AvgIpc) is 2.27. The standard InChI is InChI=1S/C10H15ClN2O2/c1-5-7(9(14)15-4)8(6-2)13-10(11)12-3/h6-7H,3,5H2,1-2,4H3/b8-6-,13-10?. The van der Waals surface area contributed by atoms with Gasteiger partial charge in [-0.25, -0.2) is 9.98 Å². The molecular formula is C10H15ClN2O2. The van der Waals surface area contributed by atoms with Crippen molar-refractivity contribution in [3.05, 3.63) is 11.8 Å². The van der Waals surface area contributed by atoms with Crippen molar-refractivity contribution in [3.8, 4) is 0 Å². The number of carbonyl (C=O) groups excluding carboxylic acids is 1. The molecule has 0 aliphatic heterocycles. The minimum atomic E-state index is -0.407. The highest BCUT2D eigenvalue weighted by Crippen LogP contribution is 2.18. The molecule has 0 radical (unpaired) electrons. The summed E-state index contributed by atoms with van der Waals surface area (Å²) in [7, 11) is 1.34. The Kier molecular flexibility index (Phi) is 6.62. The summed E-state index contributed by atoms with van der Waals surface area (Å²) in [5.41, 5.74) is 0.543. The fraction of sp³-hybridized carbons (Fsp3) is 0.500. The van der Waals surface area contributed by atoms with Crippen molar-refractivity contribution in [2.24, 2.45) is 15.9 Å². The number of amidine groups is 1. The molecule has 5 heteroatoms. The predicted octanol–water partition coefficient (Wildman–Crippen LogP) is 2.38. The zero-order valence-corrected chi connectivity index (χ0v) is 9.91. The molecule has 0 aromatic carbocycles. The molecule has 15 heavy (non-hydrogen) atoms. The van der Waals surface area contributed by atoms with Crippen LogP contribution in [0.2, 0.25) is 0 Å². The van der Waals surface area contributed by atoms with Crippen molar-refractivity contribution in [3.63, 3.8) is 0 Å². The van der Waals surface area contributed by atoms with E-state index in [4.69, 9.17) is 11.6 Å². The molecule has 4 nitrogen and oxygen atoms in total. The minimum absolute atomic E-state index is 0.0189. The smallest absolute Gasteiger partial charge is 0.314 e. The second-order valence-corrected chi connectivity index (χ2v) is 3.07. The van der Waals surface area contributed by atoms with Gasteiger partial charge >= 0.3 is 5.97 Å². The van der Waals surface area contributed by atoms with E-state index >= 15 is 0 Å². The van der Waals surface area contributed by atoms with Gasteiger partial charge in [-0.1, -0.05) is 13.0 Å². The SMILES string of the molecule is C=NC(Cl)=N/C(=C\C)C(CC)C(=O)OC. The van der Waals surface area contributed by atoms with E-state index < -0.39 is 5.92 Å². The van der Waals surface area contributed by atoms with Gasteiger partial charge in [0.25, 0.3) is 0 Å². The predicted molar refractivity (Wildman–Crippen MR) is 62.4 cm³/mol. The third-order valence-electron chi connectivity index (χ3n) is 1.90. The van der Waals surface area contributed by atoms with Crippen LogP contribution in [0.5, 0.6) is 0 Å². The van der Waals surface area contributed by atoms with Crippen molar-refractivity contribution < 1.29 is 9.53 Å². The monoisotopic (exact) mass is 230 g/mol. The number of hydrogen-bond acceptors (Lipinski definition) is 3. The number of esters is 1. The van der Waals surface area contributed by atoms with Crippen LogP contribution in [0, 0.1) is 5.92 Å². The molecule has 1 atom stereocenters. The molecule has 0 saturated carbocycles. The van der Waals surface area contributed by atoms with Crippen LogP contribution in [0.25, 0.3) is 0 Å². The van der Waals surface area contributed by atoms with Crippen molar-refractivity contribution in [1.82, 2.24) is 0 Å². The van der Waals surface area contributed by atoms with E-state index in [0.29, 0.717) is 12.1 Å². The molecule has 0 bridgehead atoms. The lowest BCUT2D eigenvalue weighted by Gasteiger charge is -2.12. The molecule has 0 aliphatic carbocycles. The third kappa shape index (κ3) is 4.25. The first-order valence-electron chi connectivity index (χ1n) is 4.55.